The van der Waals surface area contributed by atoms with Crippen molar-refractivity contribution in [3.05, 3.63) is 23.8 Å². The fourth-order valence-corrected chi connectivity index (χ4v) is 2.17. The monoisotopic (exact) mass is 359 g/mol. The summed E-state index contributed by atoms with van der Waals surface area (Å²) in [5.74, 6) is -0.689. The topological polar surface area (TPSA) is 66.9 Å². The highest BCUT2D eigenvalue weighted by molar-refractivity contribution is 5.87. The Morgan fingerprint density at radius 1 is 1.12 bits per heavy atom. The summed E-state index contributed by atoms with van der Waals surface area (Å²) in [5, 5.41) is -0.173. The smallest absolute Gasteiger partial charge is 0.417 e. The Bertz CT molecular complexity index is 776. The van der Waals surface area contributed by atoms with Gasteiger partial charge in [0.15, 0.2) is 18.1 Å². The summed E-state index contributed by atoms with van der Waals surface area (Å²) in [5.41, 5.74) is -0.969. The SMILES string of the molecule is CCOC(=O)COc1cc(C(F)(F)F)c2cc(OC)c(OC)cc2n1. The molecule has 2 aromatic rings. The Labute approximate surface area is 141 Å². The van der Waals surface area contributed by atoms with Gasteiger partial charge in [-0.3, -0.25) is 0 Å². The Hall–Kier alpha value is -2.71. The predicted octanol–water partition coefficient (Wildman–Crippen LogP) is 3.21. The van der Waals surface area contributed by atoms with Gasteiger partial charge in [0, 0.05) is 17.5 Å². The van der Waals surface area contributed by atoms with E-state index in [1.807, 2.05) is 0 Å². The van der Waals surface area contributed by atoms with Gasteiger partial charge in [0.1, 0.15) is 0 Å². The molecule has 0 saturated carbocycles. The van der Waals surface area contributed by atoms with Crippen LogP contribution < -0.4 is 14.2 Å². The molecule has 25 heavy (non-hydrogen) atoms. The van der Waals surface area contributed by atoms with Gasteiger partial charge >= 0.3 is 12.1 Å². The van der Waals surface area contributed by atoms with Gasteiger partial charge in [-0.2, -0.15) is 13.2 Å². The first-order chi connectivity index (χ1) is 11.8. The highest BCUT2D eigenvalue weighted by atomic mass is 19.4. The third-order valence-electron chi connectivity index (χ3n) is 3.24. The van der Waals surface area contributed by atoms with E-state index in [2.05, 4.69) is 9.72 Å². The highest BCUT2D eigenvalue weighted by Gasteiger charge is 2.34. The van der Waals surface area contributed by atoms with E-state index in [0.29, 0.717) is 0 Å². The number of rotatable bonds is 6. The van der Waals surface area contributed by atoms with E-state index in [9.17, 15) is 18.0 Å². The number of benzene rings is 1. The number of ether oxygens (including phenoxy) is 4. The molecule has 9 heteroatoms. The summed E-state index contributed by atoms with van der Waals surface area (Å²) in [4.78, 5) is 15.3. The van der Waals surface area contributed by atoms with E-state index < -0.39 is 24.3 Å². The lowest BCUT2D eigenvalue weighted by atomic mass is 10.1. The summed E-state index contributed by atoms with van der Waals surface area (Å²) in [6, 6.07) is 3.23. The lowest BCUT2D eigenvalue weighted by molar-refractivity contribution is -0.145. The van der Waals surface area contributed by atoms with Crippen molar-refractivity contribution < 1.29 is 36.9 Å². The number of carbonyl (C=O) groups is 1. The molecule has 0 fully saturated rings. The molecule has 0 aliphatic carbocycles. The lowest BCUT2D eigenvalue weighted by Crippen LogP contribution is -2.16. The minimum atomic E-state index is -4.65. The van der Waals surface area contributed by atoms with Crippen molar-refractivity contribution in [2.45, 2.75) is 13.1 Å². The molecule has 1 heterocycles. The van der Waals surface area contributed by atoms with Gasteiger partial charge in [-0.1, -0.05) is 0 Å². The maximum absolute atomic E-state index is 13.4. The second-order valence-electron chi connectivity index (χ2n) is 4.82. The van der Waals surface area contributed by atoms with Crippen molar-refractivity contribution in [1.29, 1.82) is 0 Å². The molecule has 136 valence electrons. The summed E-state index contributed by atoms with van der Waals surface area (Å²) in [6.45, 7) is 1.20. The quantitative estimate of drug-likeness (QED) is 0.738. The van der Waals surface area contributed by atoms with Crippen molar-refractivity contribution >= 4 is 16.9 Å². The molecule has 0 N–H and O–H groups in total. The Balaban J connectivity index is 2.53. The maximum Gasteiger partial charge on any atom is 0.417 e. The molecule has 1 aromatic carbocycles. The minimum absolute atomic E-state index is 0.00802. The largest absolute Gasteiger partial charge is 0.493 e. The van der Waals surface area contributed by atoms with Gasteiger partial charge in [0.05, 0.1) is 31.9 Å². The average Bonchev–Trinajstić information content (AvgIpc) is 2.57. The Morgan fingerprint density at radius 2 is 1.76 bits per heavy atom. The number of hydrogen-bond acceptors (Lipinski definition) is 6. The zero-order chi connectivity index (χ0) is 18.6. The molecule has 0 aliphatic rings. The van der Waals surface area contributed by atoms with Crippen LogP contribution in [0.5, 0.6) is 17.4 Å². The molecule has 0 unspecified atom stereocenters. The number of hydrogen-bond donors (Lipinski definition) is 0. The van der Waals surface area contributed by atoms with E-state index in [-0.39, 0.29) is 34.9 Å². The Kier molecular flexibility index (Phi) is 5.55. The number of carbonyl (C=O) groups excluding carboxylic acids is 1. The van der Waals surface area contributed by atoms with Gasteiger partial charge < -0.3 is 18.9 Å². The average molecular weight is 359 g/mol. The number of halogens is 3. The number of esters is 1. The Morgan fingerprint density at radius 3 is 2.32 bits per heavy atom. The molecule has 0 bridgehead atoms. The first-order valence-electron chi connectivity index (χ1n) is 7.22. The van der Waals surface area contributed by atoms with Crippen LogP contribution in [-0.4, -0.2) is 38.4 Å². The summed E-state index contributed by atoms with van der Waals surface area (Å²) in [7, 11) is 2.68. The van der Waals surface area contributed by atoms with E-state index in [4.69, 9.17) is 14.2 Å². The molecule has 0 spiro atoms. The molecule has 0 amide bonds. The van der Waals surface area contributed by atoms with Crippen LogP contribution in [0.1, 0.15) is 12.5 Å². The van der Waals surface area contributed by atoms with E-state index in [0.717, 1.165) is 6.07 Å². The molecule has 6 nitrogen and oxygen atoms in total. The van der Waals surface area contributed by atoms with Crippen molar-refractivity contribution in [1.82, 2.24) is 4.98 Å². The number of methoxy groups -OCH3 is 2. The van der Waals surface area contributed by atoms with Crippen molar-refractivity contribution in [3.8, 4) is 17.4 Å². The third kappa shape index (κ3) is 4.23. The molecule has 0 saturated heterocycles. The van der Waals surface area contributed by atoms with Crippen molar-refractivity contribution in [2.24, 2.45) is 0 Å². The van der Waals surface area contributed by atoms with E-state index in [1.54, 1.807) is 6.92 Å². The molecule has 0 atom stereocenters. The number of fused-ring (bicyclic) bond motifs is 1. The van der Waals surface area contributed by atoms with Crippen LogP contribution >= 0.6 is 0 Å². The van der Waals surface area contributed by atoms with Crippen molar-refractivity contribution in [2.75, 3.05) is 27.4 Å². The van der Waals surface area contributed by atoms with Crippen LogP contribution in [-0.2, 0) is 15.7 Å². The van der Waals surface area contributed by atoms with Crippen LogP contribution in [0.4, 0.5) is 13.2 Å². The number of aromatic nitrogens is 1. The first-order valence-corrected chi connectivity index (χ1v) is 7.22. The summed E-state index contributed by atoms with van der Waals surface area (Å²) < 4.78 is 60.0. The van der Waals surface area contributed by atoms with Gasteiger partial charge in [0.25, 0.3) is 0 Å². The van der Waals surface area contributed by atoms with E-state index >= 15 is 0 Å². The van der Waals surface area contributed by atoms with Gasteiger partial charge in [0.2, 0.25) is 5.88 Å². The maximum atomic E-state index is 13.4. The third-order valence-corrected chi connectivity index (χ3v) is 3.24. The minimum Gasteiger partial charge on any atom is -0.493 e. The fourth-order valence-electron chi connectivity index (χ4n) is 2.17. The number of pyridine rings is 1. The molecular formula is C16H16F3NO5. The van der Waals surface area contributed by atoms with Gasteiger partial charge in [-0.05, 0) is 13.0 Å². The normalized spacial score (nSPS) is 11.3. The summed E-state index contributed by atoms with van der Waals surface area (Å²) in [6.07, 6.45) is -4.65. The lowest BCUT2D eigenvalue weighted by Gasteiger charge is -2.15. The fraction of sp³-hybridized carbons (Fsp3) is 0.375. The van der Waals surface area contributed by atoms with Crippen LogP contribution in [0.15, 0.2) is 18.2 Å². The van der Waals surface area contributed by atoms with Crippen LogP contribution in [0.2, 0.25) is 0 Å². The first kappa shape index (κ1) is 18.6. The second-order valence-corrected chi connectivity index (χ2v) is 4.82. The van der Waals surface area contributed by atoms with Crippen molar-refractivity contribution in [3.63, 3.8) is 0 Å². The highest BCUT2D eigenvalue weighted by Crippen LogP contribution is 2.40. The predicted molar refractivity (Wildman–Crippen MR) is 82.0 cm³/mol. The number of alkyl halides is 3. The summed E-state index contributed by atoms with van der Waals surface area (Å²) >= 11 is 0. The molecule has 0 radical (unpaired) electrons. The molecule has 0 aliphatic heterocycles. The molecular weight excluding hydrogens is 343 g/mol. The van der Waals surface area contributed by atoms with E-state index in [1.165, 1.54) is 26.4 Å². The van der Waals surface area contributed by atoms with Gasteiger partial charge in [-0.15, -0.1) is 0 Å². The van der Waals surface area contributed by atoms with Gasteiger partial charge in [-0.25, -0.2) is 9.78 Å². The standard InChI is InChI=1S/C16H16F3NO5/c1-4-24-15(21)8-25-14-6-10(16(17,18)19)9-5-12(22-2)13(23-3)7-11(9)20-14/h5-7H,4,8H2,1-3H3. The molecule has 2 rings (SSSR count). The van der Waals surface area contributed by atoms with Crippen LogP contribution in [0.25, 0.3) is 10.9 Å². The zero-order valence-corrected chi connectivity index (χ0v) is 13.8. The zero-order valence-electron chi connectivity index (χ0n) is 13.8. The van der Waals surface area contributed by atoms with Crippen LogP contribution in [0, 0.1) is 0 Å². The molecule has 1 aromatic heterocycles. The van der Waals surface area contributed by atoms with Crippen LogP contribution in [0.3, 0.4) is 0 Å². The second kappa shape index (κ2) is 7.45. The number of nitrogens with zero attached hydrogens (tertiary/aromatic N) is 1.